The van der Waals surface area contributed by atoms with Crippen molar-refractivity contribution in [3.8, 4) is 11.5 Å². The number of carbonyl (C=O) groups is 5. The molecule has 10 heteroatoms. The third-order valence-corrected chi connectivity index (χ3v) is 8.47. The molecule has 1 aliphatic rings. The molecule has 10 nitrogen and oxygen atoms in total. The lowest BCUT2D eigenvalue weighted by atomic mass is 9.84. The Labute approximate surface area is 265 Å². The highest BCUT2D eigenvalue weighted by Crippen LogP contribution is 2.32. The Balaban J connectivity index is 1.88. The maximum absolute atomic E-state index is 13.8. The van der Waals surface area contributed by atoms with Gasteiger partial charge in [0, 0.05) is 24.8 Å². The first-order valence-electron chi connectivity index (χ1n) is 15.5. The van der Waals surface area contributed by atoms with Gasteiger partial charge in [0.05, 0.1) is 20.6 Å². The molecule has 2 aromatic carbocycles. The van der Waals surface area contributed by atoms with Crippen molar-refractivity contribution in [1.29, 1.82) is 0 Å². The number of methoxy groups -OCH3 is 2. The van der Waals surface area contributed by atoms with Gasteiger partial charge in [0.25, 0.3) is 5.91 Å². The van der Waals surface area contributed by atoms with Gasteiger partial charge in [0.1, 0.15) is 17.9 Å². The number of hydrogen-bond donors (Lipinski definition) is 1. The summed E-state index contributed by atoms with van der Waals surface area (Å²) < 4.78 is 16.9. The SMILES string of the molecule is CCC(C)(C)C(=O)C(=O)N1CCCCC1C(=O)OC(CCc1ccc(OC)c(OC)c1)c1cccc(CC(=O)CCC(=O)O)c1. The molecule has 0 aliphatic carbocycles. The van der Waals surface area contributed by atoms with Crippen molar-refractivity contribution >= 4 is 29.4 Å². The van der Waals surface area contributed by atoms with E-state index in [9.17, 15) is 24.0 Å². The standard InChI is InChI=1S/C35H45NO9/c1-6-35(2,3)32(40)33(41)36-19-8-7-12-27(36)34(42)45-28(16-13-23-14-17-29(43-4)30(22-23)44-5)25-11-9-10-24(20-25)21-26(37)15-18-31(38)39/h9-11,14,17,20,22,27-28H,6-8,12-13,15-16,18-19,21H2,1-5H3,(H,38,39). The number of amides is 1. The number of piperidine rings is 1. The summed E-state index contributed by atoms with van der Waals surface area (Å²) in [7, 11) is 3.11. The molecule has 244 valence electrons. The molecule has 1 aliphatic heterocycles. The predicted molar refractivity (Wildman–Crippen MR) is 167 cm³/mol. The van der Waals surface area contributed by atoms with Crippen LogP contribution in [0.5, 0.6) is 11.5 Å². The lowest BCUT2D eigenvalue weighted by Crippen LogP contribution is -2.53. The minimum absolute atomic E-state index is 0.0533. The summed E-state index contributed by atoms with van der Waals surface area (Å²) >= 11 is 0. The molecular weight excluding hydrogens is 578 g/mol. The molecule has 2 unspecified atom stereocenters. The van der Waals surface area contributed by atoms with Crippen LogP contribution >= 0.6 is 0 Å². The lowest BCUT2D eigenvalue weighted by Gasteiger charge is -2.36. The van der Waals surface area contributed by atoms with Gasteiger partial charge >= 0.3 is 11.9 Å². The fourth-order valence-electron chi connectivity index (χ4n) is 5.31. The molecular formula is C35H45NO9. The number of carbonyl (C=O) groups excluding carboxylic acids is 4. The normalized spacial score (nSPS) is 15.6. The molecule has 0 bridgehead atoms. The molecule has 3 rings (SSSR count). The Hall–Kier alpha value is -4.21. The van der Waals surface area contributed by atoms with E-state index >= 15 is 0 Å². The maximum Gasteiger partial charge on any atom is 0.329 e. The van der Waals surface area contributed by atoms with E-state index < -0.39 is 41.2 Å². The first-order valence-corrected chi connectivity index (χ1v) is 15.5. The van der Waals surface area contributed by atoms with Gasteiger partial charge in [-0.05, 0) is 67.3 Å². The van der Waals surface area contributed by atoms with Crippen molar-refractivity contribution in [3.05, 3.63) is 59.2 Å². The number of ether oxygens (including phenoxy) is 3. The van der Waals surface area contributed by atoms with Crippen molar-refractivity contribution < 1.29 is 43.3 Å². The number of nitrogens with zero attached hydrogens (tertiary/aromatic N) is 1. The molecule has 0 aromatic heterocycles. The fraction of sp³-hybridized carbons (Fsp3) is 0.514. The van der Waals surface area contributed by atoms with Gasteiger partial charge in [0.15, 0.2) is 11.5 Å². The van der Waals surface area contributed by atoms with E-state index in [4.69, 9.17) is 19.3 Å². The topological polar surface area (TPSA) is 137 Å². The molecule has 1 amide bonds. The quantitative estimate of drug-likeness (QED) is 0.196. The highest BCUT2D eigenvalue weighted by Gasteiger charge is 2.41. The summed E-state index contributed by atoms with van der Waals surface area (Å²) in [6.45, 7) is 5.61. The number of benzene rings is 2. The molecule has 0 radical (unpaired) electrons. The molecule has 1 fully saturated rings. The summed E-state index contributed by atoms with van der Waals surface area (Å²) in [6.07, 6.45) is 2.22. The van der Waals surface area contributed by atoms with Crippen LogP contribution in [0, 0.1) is 5.41 Å². The molecule has 1 heterocycles. The number of hydrogen-bond acceptors (Lipinski definition) is 8. The van der Waals surface area contributed by atoms with E-state index in [0.29, 0.717) is 61.3 Å². The van der Waals surface area contributed by atoms with Crippen LogP contribution < -0.4 is 9.47 Å². The Kier molecular flexibility index (Phi) is 12.7. The second-order valence-electron chi connectivity index (χ2n) is 12.1. The van der Waals surface area contributed by atoms with Gasteiger partial charge in [-0.15, -0.1) is 0 Å². The van der Waals surface area contributed by atoms with Crippen LogP contribution in [0.1, 0.15) is 88.5 Å². The van der Waals surface area contributed by atoms with E-state index in [1.54, 1.807) is 52.3 Å². The van der Waals surface area contributed by atoms with Crippen molar-refractivity contribution in [1.82, 2.24) is 4.90 Å². The van der Waals surface area contributed by atoms with Gasteiger partial charge < -0.3 is 24.2 Å². The molecule has 45 heavy (non-hydrogen) atoms. The number of Topliss-reactive ketones (excluding diaryl/α,β-unsaturated/α-hetero) is 2. The monoisotopic (exact) mass is 623 g/mol. The summed E-state index contributed by atoms with van der Waals surface area (Å²) in [4.78, 5) is 64.8. The van der Waals surface area contributed by atoms with Gasteiger partial charge in [-0.25, -0.2) is 4.79 Å². The molecule has 2 aromatic rings. The van der Waals surface area contributed by atoms with Crippen LogP contribution in [0.2, 0.25) is 0 Å². The lowest BCUT2D eigenvalue weighted by molar-refractivity contribution is -0.164. The first-order chi connectivity index (χ1) is 21.4. The van der Waals surface area contributed by atoms with Crippen LogP contribution in [-0.2, 0) is 41.6 Å². The highest BCUT2D eigenvalue weighted by atomic mass is 16.5. The highest BCUT2D eigenvalue weighted by molar-refractivity contribution is 6.38. The average molecular weight is 624 g/mol. The number of esters is 1. The number of rotatable bonds is 16. The Morgan fingerprint density at radius 3 is 2.36 bits per heavy atom. The summed E-state index contributed by atoms with van der Waals surface area (Å²) in [5.74, 6) is -1.83. The number of carboxylic acids is 1. The fourth-order valence-corrected chi connectivity index (χ4v) is 5.31. The number of carboxylic acid groups (broad SMARTS) is 1. The Morgan fingerprint density at radius 1 is 0.956 bits per heavy atom. The van der Waals surface area contributed by atoms with Crippen LogP contribution in [0.3, 0.4) is 0 Å². The van der Waals surface area contributed by atoms with Gasteiger partial charge in [-0.2, -0.15) is 0 Å². The van der Waals surface area contributed by atoms with E-state index in [-0.39, 0.29) is 25.0 Å². The third-order valence-electron chi connectivity index (χ3n) is 8.47. The second kappa shape index (κ2) is 16.2. The number of ketones is 2. The van der Waals surface area contributed by atoms with Crippen molar-refractivity contribution in [2.45, 2.75) is 90.7 Å². The second-order valence-corrected chi connectivity index (χ2v) is 12.1. The van der Waals surface area contributed by atoms with Crippen LogP contribution in [-0.4, -0.2) is 66.2 Å². The van der Waals surface area contributed by atoms with Gasteiger partial charge in [0.2, 0.25) is 5.78 Å². The Bertz CT molecular complexity index is 1380. The van der Waals surface area contributed by atoms with Gasteiger partial charge in [-0.3, -0.25) is 19.2 Å². The molecule has 0 saturated carbocycles. The predicted octanol–water partition coefficient (Wildman–Crippen LogP) is 5.28. The first kappa shape index (κ1) is 35.3. The molecule has 1 saturated heterocycles. The number of aryl methyl sites for hydroxylation is 1. The average Bonchev–Trinajstić information content (AvgIpc) is 3.04. The zero-order valence-corrected chi connectivity index (χ0v) is 26.9. The zero-order chi connectivity index (χ0) is 33.1. The smallest absolute Gasteiger partial charge is 0.329 e. The van der Waals surface area contributed by atoms with Crippen molar-refractivity contribution in [2.75, 3.05) is 20.8 Å². The van der Waals surface area contributed by atoms with Crippen LogP contribution in [0.25, 0.3) is 0 Å². The van der Waals surface area contributed by atoms with Gasteiger partial charge in [-0.1, -0.05) is 51.1 Å². The molecule has 1 N–H and O–H groups in total. The molecule has 0 spiro atoms. The Morgan fingerprint density at radius 2 is 1.69 bits per heavy atom. The van der Waals surface area contributed by atoms with E-state index in [1.165, 1.54) is 4.90 Å². The largest absolute Gasteiger partial charge is 0.493 e. The summed E-state index contributed by atoms with van der Waals surface area (Å²) in [5.41, 5.74) is 1.43. The third kappa shape index (κ3) is 9.64. The molecule has 2 atom stereocenters. The summed E-state index contributed by atoms with van der Waals surface area (Å²) in [6, 6.07) is 11.8. The van der Waals surface area contributed by atoms with Crippen LogP contribution in [0.15, 0.2) is 42.5 Å². The van der Waals surface area contributed by atoms with Crippen LogP contribution in [0.4, 0.5) is 0 Å². The zero-order valence-electron chi connectivity index (χ0n) is 26.9. The number of aliphatic carboxylic acids is 1. The number of likely N-dealkylation sites (tertiary alicyclic amines) is 1. The minimum atomic E-state index is -1.03. The summed E-state index contributed by atoms with van der Waals surface area (Å²) in [5, 5.41) is 8.93. The van der Waals surface area contributed by atoms with Crippen molar-refractivity contribution in [2.24, 2.45) is 5.41 Å². The van der Waals surface area contributed by atoms with E-state index in [0.717, 1.165) is 12.0 Å². The maximum atomic E-state index is 13.8. The minimum Gasteiger partial charge on any atom is -0.493 e. The van der Waals surface area contributed by atoms with E-state index in [1.807, 2.05) is 25.1 Å². The van der Waals surface area contributed by atoms with E-state index in [2.05, 4.69) is 0 Å². The van der Waals surface area contributed by atoms with Crippen molar-refractivity contribution in [3.63, 3.8) is 0 Å².